The minimum absolute atomic E-state index is 0.00282. The van der Waals surface area contributed by atoms with E-state index in [0.717, 1.165) is 6.42 Å². The number of aliphatic hydroxyl groups is 1. The normalized spacial score (nSPS) is 36.0. The molecule has 2 amide bonds. The molecule has 4 N–H and O–H groups in total. The molecule has 12 heteroatoms. The van der Waals surface area contributed by atoms with Gasteiger partial charge < -0.3 is 34.9 Å². The van der Waals surface area contributed by atoms with Crippen LogP contribution in [-0.4, -0.2) is 123 Å². The molecule has 1 unspecified atom stereocenters. The molecule has 4 aliphatic heterocycles. The van der Waals surface area contributed by atoms with Crippen molar-refractivity contribution in [2.45, 2.75) is 50.1 Å². The SMILES string of the molecule is C[C@@H](O)[C@H]1C(=O)N2C(C(=O)O)=C(S[C@@H]3CN[C@H](C(=O)N4CCC[N+](C)(CC(=O)O)CC4)C3)[C@H](C)[C@H]12. The Hall–Kier alpha value is -2.15. The Morgan fingerprint density at radius 1 is 1.23 bits per heavy atom. The lowest BCUT2D eigenvalue weighted by Gasteiger charge is -2.46. The van der Waals surface area contributed by atoms with E-state index in [2.05, 4.69) is 5.32 Å². The maximum absolute atomic E-state index is 13.2. The average molecular weight is 512 g/mol. The minimum Gasteiger partial charge on any atom is -0.477 e. The zero-order valence-corrected chi connectivity index (χ0v) is 21.2. The number of hydrogen-bond donors (Lipinski definition) is 4. The number of fused-ring (bicyclic) bond motifs is 1. The summed E-state index contributed by atoms with van der Waals surface area (Å²) in [6.07, 6.45) is 0.441. The molecule has 0 aliphatic carbocycles. The molecule has 7 atom stereocenters. The number of amides is 2. The third-order valence-electron chi connectivity index (χ3n) is 7.86. The fraction of sp³-hybridized carbons (Fsp3) is 0.739. The third kappa shape index (κ3) is 4.81. The molecular formula is C23H35N4O7S+. The van der Waals surface area contributed by atoms with Gasteiger partial charge in [-0.05, 0) is 13.3 Å². The summed E-state index contributed by atoms with van der Waals surface area (Å²) in [5.41, 5.74) is 0.00665. The van der Waals surface area contributed by atoms with Gasteiger partial charge in [-0.25, -0.2) is 9.59 Å². The van der Waals surface area contributed by atoms with Crippen LogP contribution in [0.5, 0.6) is 0 Å². The first-order chi connectivity index (χ1) is 16.4. The fourth-order valence-electron chi connectivity index (χ4n) is 5.99. The summed E-state index contributed by atoms with van der Waals surface area (Å²) < 4.78 is 0.406. The molecule has 0 bridgehead atoms. The first-order valence-corrected chi connectivity index (χ1v) is 13.0. The van der Waals surface area contributed by atoms with Crippen LogP contribution in [0.2, 0.25) is 0 Å². The Morgan fingerprint density at radius 2 is 1.94 bits per heavy atom. The summed E-state index contributed by atoms with van der Waals surface area (Å²) in [4.78, 5) is 52.8. The smallest absolute Gasteiger partial charge is 0.359 e. The number of carboxylic acids is 2. The van der Waals surface area contributed by atoms with Gasteiger partial charge in [0.15, 0.2) is 6.54 Å². The number of hydrogen-bond acceptors (Lipinski definition) is 7. The van der Waals surface area contributed by atoms with Crippen LogP contribution in [0, 0.1) is 11.8 Å². The van der Waals surface area contributed by atoms with Crippen LogP contribution in [-0.2, 0) is 19.2 Å². The van der Waals surface area contributed by atoms with Crippen molar-refractivity contribution in [2.24, 2.45) is 11.8 Å². The van der Waals surface area contributed by atoms with Crippen LogP contribution in [0.3, 0.4) is 0 Å². The molecular weight excluding hydrogens is 476 g/mol. The lowest BCUT2D eigenvalue weighted by molar-refractivity contribution is -0.900. The van der Waals surface area contributed by atoms with Gasteiger partial charge in [0.25, 0.3) is 0 Å². The number of quaternary nitrogens is 1. The van der Waals surface area contributed by atoms with Crippen LogP contribution in [0.1, 0.15) is 26.7 Å². The van der Waals surface area contributed by atoms with Gasteiger partial charge >= 0.3 is 11.9 Å². The van der Waals surface area contributed by atoms with Crippen molar-refractivity contribution in [1.29, 1.82) is 0 Å². The maximum Gasteiger partial charge on any atom is 0.359 e. The highest BCUT2D eigenvalue weighted by Gasteiger charge is 2.60. The molecule has 0 saturated carbocycles. The molecule has 3 fully saturated rings. The van der Waals surface area contributed by atoms with Gasteiger partial charge in [0.1, 0.15) is 5.70 Å². The molecule has 4 aliphatic rings. The summed E-state index contributed by atoms with van der Waals surface area (Å²) in [7, 11) is 1.91. The zero-order valence-electron chi connectivity index (χ0n) is 20.3. The number of β-lactam (4-membered cyclic amide) rings is 1. The van der Waals surface area contributed by atoms with Crippen molar-refractivity contribution in [2.75, 3.05) is 46.3 Å². The second-order valence-corrected chi connectivity index (χ2v) is 11.8. The standard InChI is InChI=1S/C23H34N4O7S/c1-12-18-17(13(2)28)22(32)26(18)19(23(33)34)20(12)35-14-9-15(24-10-14)21(31)25-5-4-7-27(3,8-6-25)11-16(29)30/h12-15,17-18,24,28H,4-11H2,1-3H3,(H-,29,30,33,34)/p+1/t12-,13-,14+,15+,17-,18-,27?/m1/s1. The van der Waals surface area contributed by atoms with E-state index < -0.39 is 24.0 Å². The Morgan fingerprint density at radius 3 is 2.57 bits per heavy atom. The lowest BCUT2D eigenvalue weighted by atomic mass is 9.79. The van der Waals surface area contributed by atoms with Crippen molar-refractivity contribution in [3.63, 3.8) is 0 Å². The van der Waals surface area contributed by atoms with Gasteiger partial charge in [-0.15, -0.1) is 11.8 Å². The lowest BCUT2D eigenvalue weighted by Crippen LogP contribution is -2.63. The maximum atomic E-state index is 13.2. The summed E-state index contributed by atoms with van der Waals surface area (Å²) in [5, 5.41) is 32.3. The highest BCUT2D eigenvalue weighted by molar-refractivity contribution is 8.03. The highest BCUT2D eigenvalue weighted by Crippen LogP contribution is 2.51. The molecule has 0 spiro atoms. The zero-order chi connectivity index (χ0) is 25.7. The monoisotopic (exact) mass is 511 g/mol. The van der Waals surface area contributed by atoms with Gasteiger partial charge in [0.2, 0.25) is 11.8 Å². The van der Waals surface area contributed by atoms with Gasteiger partial charge in [-0.3, -0.25) is 9.59 Å². The van der Waals surface area contributed by atoms with E-state index >= 15 is 0 Å². The molecule has 3 saturated heterocycles. The number of aliphatic carboxylic acids is 2. The van der Waals surface area contributed by atoms with Gasteiger partial charge in [0, 0.05) is 35.6 Å². The molecule has 194 valence electrons. The van der Waals surface area contributed by atoms with Crippen LogP contribution in [0.4, 0.5) is 0 Å². The van der Waals surface area contributed by atoms with E-state index in [9.17, 15) is 34.5 Å². The van der Waals surface area contributed by atoms with Crippen molar-refractivity contribution in [3.05, 3.63) is 10.6 Å². The van der Waals surface area contributed by atoms with E-state index in [1.807, 2.05) is 18.9 Å². The van der Waals surface area contributed by atoms with Gasteiger partial charge in [0.05, 0.1) is 50.8 Å². The highest BCUT2D eigenvalue weighted by atomic mass is 32.2. The van der Waals surface area contributed by atoms with Crippen LogP contribution < -0.4 is 5.32 Å². The Bertz CT molecular complexity index is 956. The third-order valence-corrected chi connectivity index (χ3v) is 9.37. The van der Waals surface area contributed by atoms with Gasteiger partial charge in [-0.2, -0.15) is 0 Å². The largest absolute Gasteiger partial charge is 0.477 e. The molecule has 4 rings (SSSR count). The second kappa shape index (κ2) is 9.72. The van der Waals surface area contributed by atoms with Crippen LogP contribution in [0.15, 0.2) is 10.6 Å². The van der Waals surface area contributed by atoms with E-state index in [0.29, 0.717) is 48.5 Å². The number of carbonyl (C=O) groups is 4. The Balaban J connectivity index is 1.39. The first kappa shape index (κ1) is 25.9. The minimum atomic E-state index is -1.15. The molecule has 0 radical (unpaired) electrons. The Labute approximate surface area is 208 Å². The van der Waals surface area contributed by atoms with Crippen molar-refractivity contribution < 1.29 is 39.0 Å². The van der Waals surface area contributed by atoms with E-state index in [4.69, 9.17) is 0 Å². The Kier molecular flexibility index (Phi) is 7.20. The quantitative estimate of drug-likeness (QED) is 0.259. The molecule has 0 aromatic rings. The summed E-state index contributed by atoms with van der Waals surface area (Å²) >= 11 is 1.42. The summed E-state index contributed by atoms with van der Waals surface area (Å²) in [6.45, 7) is 6.43. The predicted molar refractivity (Wildman–Crippen MR) is 127 cm³/mol. The number of rotatable bonds is 7. The van der Waals surface area contributed by atoms with Crippen LogP contribution in [0.25, 0.3) is 0 Å². The number of likely N-dealkylation sites (N-methyl/N-ethyl adjacent to an activating group) is 1. The summed E-state index contributed by atoms with van der Waals surface area (Å²) in [5.74, 6) is -3.14. The van der Waals surface area contributed by atoms with Crippen LogP contribution >= 0.6 is 11.8 Å². The van der Waals surface area contributed by atoms with Crippen molar-refractivity contribution in [3.8, 4) is 0 Å². The summed E-state index contributed by atoms with van der Waals surface area (Å²) in [6, 6.07) is -0.725. The second-order valence-electron chi connectivity index (χ2n) is 10.5. The number of nitrogens with zero attached hydrogens (tertiary/aromatic N) is 3. The van der Waals surface area contributed by atoms with Crippen molar-refractivity contribution in [1.82, 2.24) is 15.1 Å². The van der Waals surface area contributed by atoms with Gasteiger partial charge in [-0.1, -0.05) is 6.92 Å². The fourth-order valence-corrected chi connectivity index (χ4v) is 7.47. The number of carboxylic acid groups (broad SMARTS) is 2. The van der Waals surface area contributed by atoms with E-state index in [1.165, 1.54) is 16.7 Å². The van der Waals surface area contributed by atoms with E-state index in [-0.39, 0.29) is 47.3 Å². The molecule has 11 nitrogen and oxygen atoms in total. The molecule has 0 aromatic carbocycles. The van der Waals surface area contributed by atoms with Crippen molar-refractivity contribution >= 4 is 35.5 Å². The predicted octanol–water partition coefficient (Wildman–Crippen LogP) is -0.633. The topological polar surface area (TPSA) is 147 Å². The molecule has 35 heavy (non-hydrogen) atoms. The number of aliphatic hydroxyl groups excluding tert-OH is 1. The number of nitrogens with one attached hydrogen (secondary N) is 1. The first-order valence-electron chi connectivity index (χ1n) is 12.2. The average Bonchev–Trinajstić information content (AvgIpc) is 3.25. The van der Waals surface area contributed by atoms with E-state index in [1.54, 1.807) is 6.92 Å². The number of carbonyl (C=O) groups excluding carboxylic acids is 2. The molecule has 4 heterocycles. The number of thioether (sulfide) groups is 1. The molecule has 0 aromatic heterocycles.